The van der Waals surface area contributed by atoms with Crippen LogP contribution in [0.15, 0.2) is 78.2 Å². The molecule has 0 fully saturated rings. The number of hydrogen-bond donors (Lipinski definition) is 2. The molecule has 6 nitrogen and oxygen atoms in total. The molecule has 1 aliphatic rings. The number of anilines is 1. The zero-order valence-corrected chi connectivity index (χ0v) is 17.3. The van der Waals surface area contributed by atoms with Gasteiger partial charge in [-0.1, -0.05) is 42.5 Å². The maximum absolute atomic E-state index is 12.0. The summed E-state index contributed by atoms with van der Waals surface area (Å²) in [7, 11) is 0. The molecule has 2 amide bonds. The summed E-state index contributed by atoms with van der Waals surface area (Å²) in [4.78, 5) is 16.8. The van der Waals surface area contributed by atoms with Crippen molar-refractivity contribution in [3.63, 3.8) is 0 Å². The number of aromatic nitrogens is 1. The number of fused-ring (bicyclic) bond motifs is 1. The Morgan fingerprint density at radius 1 is 0.935 bits per heavy atom. The van der Waals surface area contributed by atoms with Gasteiger partial charge in [0.2, 0.25) is 6.79 Å². The van der Waals surface area contributed by atoms with Crippen LogP contribution in [0.1, 0.15) is 5.56 Å². The van der Waals surface area contributed by atoms with Crippen molar-refractivity contribution in [3.8, 4) is 33.3 Å². The third-order valence-electron chi connectivity index (χ3n) is 4.86. The van der Waals surface area contributed by atoms with Crippen LogP contribution in [-0.2, 0) is 6.54 Å². The Balaban J connectivity index is 1.22. The van der Waals surface area contributed by atoms with Crippen molar-refractivity contribution in [1.82, 2.24) is 10.3 Å². The Hall–Kier alpha value is -3.84. The van der Waals surface area contributed by atoms with E-state index in [1.807, 2.05) is 78.2 Å². The quantitative estimate of drug-likeness (QED) is 0.438. The lowest BCUT2D eigenvalue weighted by atomic mass is 10.1. The number of urea groups is 1. The van der Waals surface area contributed by atoms with E-state index in [1.165, 1.54) is 0 Å². The minimum Gasteiger partial charge on any atom is -0.454 e. The lowest BCUT2D eigenvalue weighted by Gasteiger charge is -2.08. The molecule has 0 atom stereocenters. The predicted molar refractivity (Wildman–Crippen MR) is 121 cm³/mol. The molecule has 2 heterocycles. The molecule has 5 rings (SSSR count). The minimum atomic E-state index is -0.233. The molecule has 1 aromatic heterocycles. The molecule has 31 heavy (non-hydrogen) atoms. The lowest BCUT2D eigenvalue weighted by Crippen LogP contribution is -2.28. The van der Waals surface area contributed by atoms with Gasteiger partial charge in [-0.3, -0.25) is 0 Å². The molecule has 0 saturated heterocycles. The van der Waals surface area contributed by atoms with Crippen LogP contribution >= 0.6 is 11.3 Å². The van der Waals surface area contributed by atoms with Gasteiger partial charge < -0.3 is 20.1 Å². The highest BCUT2D eigenvalue weighted by Gasteiger charge is 2.15. The zero-order valence-electron chi connectivity index (χ0n) is 16.5. The number of amides is 2. The number of rotatable bonds is 5. The zero-order chi connectivity index (χ0) is 21.0. The van der Waals surface area contributed by atoms with E-state index >= 15 is 0 Å². The van der Waals surface area contributed by atoms with E-state index in [9.17, 15) is 4.79 Å². The first-order valence-corrected chi connectivity index (χ1v) is 10.7. The molecule has 0 unspecified atom stereocenters. The minimum absolute atomic E-state index is 0.233. The number of hydrogen-bond acceptors (Lipinski definition) is 5. The summed E-state index contributed by atoms with van der Waals surface area (Å²) in [6.45, 7) is 0.704. The van der Waals surface area contributed by atoms with Gasteiger partial charge in [-0.05, 0) is 35.9 Å². The van der Waals surface area contributed by atoms with Gasteiger partial charge >= 0.3 is 6.03 Å². The number of nitrogens with one attached hydrogen (secondary N) is 2. The molecule has 0 saturated carbocycles. The highest BCUT2D eigenvalue weighted by Crippen LogP contribution is 2.37. The van der Waals surface area contributed by atoms with E-state index in [4.69, 9.17) is 14.5 Å². The summed E-state index contributed by atoms with van der Waals surface area (Å²) in [5.74, 6) is 1.51. The number of para-hydroxylation sites is 1. The monoisotopic (exact) mass is 429 g/mol. The molecule has 3 aromatic carbocycles. The van der Waals surface area contributed by atoms with Gasteiger partial charge in [-0.2, -0.15) is 0 Å². The first-order chi connectivity index (χ1) is 15.2. The van der Waals surface area contributed by atoms with Gasteiger partial charge in [-0.15, -0.1) is 11.3 Å². The molecule has 2 N–H and O–H groups in total. The highest BCUT2D eigenvalue weighted by molar-refractivity contribution is 7.13. The van der Waals surface area contributed by atoms with Crippen LogP contribution in [0, 0.1) is 0 Å². The Labute approximate surface area is 183 Å². The summed E-state index contributed by atoms with van der Waals surface area (Å²) in [5.41, 5.74) is 4.71. The van der Waals surface area contributed by atoms with Gasteiger partial charge in [0.1, 0.15) is 5.01 Å². The van der Waals surface area contributed by atoms with Crippen LogP contribution in [0.2, 0.25) is 0 Å². The summed E-state index contributed by atoms with van der Waals surface area (Å²) in [6.07, 6.45) is 0. The molecule has 154 valence electrons. The van der Waals surface area contributed by atoms with Gasteiger partial charge in [0, 0.05) is 28.7 Å². The van der Waals surface area contributed by atoms with Crippen molar-refractivity contribution >= 4 is 23.1 Å². The molecular formula is C24H19N3O3S. The second kappa shape index (κ2) is 8.49. The molecule has 0 aliphatic carbocycles. The predicted octanol–water partition coefficient (Wildman–Crippen LogP) is 5.53. The molecule has 0 spiro atoms. The fourth-order valence-electron chi connectivity index (χ4n) is 3.24. The van der Waals surface area contributed by atoms with Gasteiger partial charge in [-0.25, -0.2) is 9.78 Å². The normalized spacial score (nSPS) is 11.9. The molecule has 0 radical (unpaired) electrons. The van der Waals surface area contributed by atoms with Crippen LogP contribution in [0.25, 0.3) is 21.8 Å². The smallest absolute Gasteiger partial charge is 0.319 e. The Morgan fingerprint density at radius 2 is 1.71 bits per heavy atom. The topological polar surface area (TPSA) is 72.5 Å². The van der Waals surface area contributed by atoms with E-state index in [0.29, 0.717) is 6.54 Å². The van der Waals surface area contributed by atoms with Gasteiger partial charge in [0.05, 0.1) is 5.69 Å². The average molecular weight is 430 g/mol. The summed E-state index contributed by atoms with van der Waals surface area (Å²) >= 11 is 1.59. The van der Waals surface area contributed by atoms with Crippen LogP contribution in [0.4, 0.5) is 10.5 Å². The number of nitrogens with zero attached hydrogens (tertiary/aromatic N) is 1. The fraction of sp³-hybridized carbons (Fsp3) is 0.0833. The SMILES string of the molecule is O=C(NCc1ccc(-c2nc(-c3ccc4c(c3)OCO4)cs2)cc1)Nc1ccccc1. The van der Waals surface area contributed by atoms with Crippen molar-refractivity contribution in [2.75, 3.05) is 12.1 Å². The second-order valence-corrected chi connectivity index (χ2v) is 7.83. The summed E-state index contributed by atoms with van der Waals surface area (Å²) < 4.78 is 10.8. The van der Waals surface area contributed by atoms with Crippen LogP contribution in [-0.4, -0.2) is 17.8 Å². The summed E-state index contributed by atoms with van der Waals surface area (Å²) in [5, 5.41) is 8.65. The Kier molecular flexibility index (Phi) is 5.24. The lowest BCUT2D eigenvalue weighted by molar-refractivity contribution is 0.174. The molecule has 1 aliphatic heterocycles. The second-order valence-electron chi connectivity index (χ2n) is 6.98. The Bertz CT molecular complexity index is 1210. The van der Waals surface area contributed by atoms with Crippen molar-refractivity contribution in [2.24, 2.45) is 0 Å². The molecular weight excluding hydrogens is 410 g/mol. The number of thiazole rings is 1. The Morgan fingerprint density at radius 3 is 2.55 bits per heavy atom. The highest BCUT2D eigenvalue weighted by atomic mass is 32.1. The number of carbonyl (C=O) groups excluding carboxylic acids is 1. The molecule has 0 bridgehead atoms. The van der Waals surface area contributed by atoms with E-state index in [1.54, 1.807) is 11.3 Å². The van der Waals surface area contributed by atoms with Gasteiger partial charge in [0.15, 0.2) is 11.5 Å². The van der Waals surface area contributed by atoms with Crippen LogP contribution < -0.4 is 20.1 Å². The van der Waals surface area contributed by atoms with E-state index < -0.39 is 0 Å². The largest absolute Gasteiger partial charge is 0.454 e. The van der Waals surface area contributed by atoms with Gasteiger partial charge in [0.25, 0.3) is 0 Å². The third kappa shape index (κ3) is 4.36. The standard InChI is InChI=1S/C24H19N3O3S/c28-24(26-19-4-2-1-3-5-19)25-13-16-6-8-17(9-7-16)23-27-20(14-31-23)18-10-11-21-22(12-18)30-15-29-21/h1-12,14H,13,15H2,(H2,25,26,28). The maximum Gasteiger partial charge on any atom is 0.319 e. The number of carbonyl (C=O) groups is 1. The maximum atomic E-state index is 12.0. The third-order valence-corrected chi connectivity index (χ3v) is 5.75. The fourth-order valence-corrected chi connectivity index (χ4v) is 4.07. The first kappa shape index (κ1) is 19.1. The first-order valence-electron chi connectivity index (χ1n) is 9.79. The molecule has 7 heteroatoms. The van der Waals surface area contributed by atoms with Crippen molar-refractivity contribution < 1.29 is 14.3 Å². The number of ether oxygens (including phenoxy) is 2. The van der Waals surface area contributed by atoms with Crippen LogP contribution in [0.3, 0.4) is 0 Å². The van der Waals surface area contributed by atoms with Crippen molar-refractivity contribution in [2.45, 2.75) is 6.54 Å². The average Bonchev–Trinajstić information content (AvgIpc) is 3.48. The van der Waals surface area contributed by atoms with E-state index in [0.717, 1.165) is 44.6 Å². The van der Waals surface area contributed by atoms with Crippen LogP contribution in [0.5, 0.6) is 11.5 Å². The van der Waals surface area contributed by atoms with Crippen molar-refractivity contribution in [1.29, 1.82) is 0 Å². The molecule has 4 aromatic rings. The van der Waals surface area contributed by atoms with E-state index in [-0.39, 0.29) is 12.8 Å². The van der Waals surface area contributed by atoms with Crippen molar-refractivity contribution in [3.05, 3.63) is 83.7 Å². The summed E-state index contributed by atoms with van der Waals surface area (Å²) in [6, 6.07) is 23.0. The van der Waals surface area contributed by atoms with E-state index in [2.05, 4.69) is 10.6 Å². The number of benzene rings is 3.